The van der Waals surface area contributed by atoms with E-state index in [9.17, 15) is 10.1 Å². The minimum absolute atomic E-state index is 0.0345. The van der Waals surface area contributed by atoms with Crippen LogP contribution in [0.5, 0.6) is 0 Å². The van der Waals surface area contributed by atoms with Crippen molar-refractivity contribution in [1.82, 2.24) is 19.6 Å². The molecule has 2 heterocycles. The Morgan fingerprint density at radius 3 is 2.83 bits per heavy atom. The average Bonchev–Trinajstić information content (AvgIpc) is 3.09. The summed E-state index contributed by atoms with van der Waals surface area (Å²) in [6.07, 6.45) is 1.61. The van der Waals surface area contributed by atoms with E-state index in [0.717, 1.165) is 10.9 Å². The van der Waals surface area contributed by atoms with Gasteiger partial charge in [-0.3, -0.25) is 14.5 Å². The summed E-state index contributed by atoms with van der Waals surface area (Å²) in [5.74, 6) is 1.13. The molecule has 0 atom stereocenters. The third kappa shape index (κ3) is 2.12. The quantitative estimate of drug-likeness (QED) is 0.426. The molecule has 24 heavy (non-hydrogen) atoms. The van der Waals surface area contributed by atoms with Gasteiger partial charge in [-0.05, 0) is 18.2 Å². The van der Waals surface area contributed by atoms with Gasteiger partial charge in [-0.2, -0.15) is 4.98 Å². The van der Waals surface area contributed by atoms with Crippen LogP contribution in [0.15, 0.2) is 54.9 Å². The van der Waals surface area contributed by atoms with Crippen LogP contribution in [0.25, 0.3) is 16.7 Å². The Balaban J connectivity index is 1.94. The van der Waals surface area contributed by atoms with Crippen LogP contribution in [-0.4, -0.2) is 31.6 Å². The zero-order valence-corrected chi connectivity index (χ0v) is 12.7. The molecule has 0 aliphatic rings. The summed E-state index contributed by atoms with van der Waals surface area (Å²) in [5, 5.41) is 19.8. The summed E-state index contributed by atoms with van der Waals surface area (Å²) >= 11 is 0. The SMILES string of the molecule is CN(c1cccc([N+](=O)[O-])c1)c1nc2nncn2c2ccccc12. The molecule has 4 aromatic rings. The lowest BCUT2D eigenvalue weighted by molar-refractivity contribution is -0.384. The maximum Gasteiger partial charge on any atom is 0.271 e. The summed E-state index contributed by atoms with van der Waals surface area (Å²) in [4.78, 5) is 17.0. The number of hydrogen-bond donors (Lipinski definition) is 0. The van der Waals surface area contributed by atoms with Crippen molar-refractivity contribution in [3.8, 4) is 0 Å². The van der Waals surface area contributed by atoms with Crippen LogP contribution in [0.4, 0.5) is 17.2 Å². The molecule has 0 amide bonds. The van der Waals surface area contributed by atoms with Gasteiger partial charge in [-0.25, -0.2) is 0 Å². The number of anilines is 2. The second kappa shape index (κ2) is 5.27. The molecule has 0 fully saturated rings. The number of nitrogens with zero attached hydrogens (tertiary/aromatic N) is 6. The summed E-state index contributed by atoms with van der Waals surface area (Å²) in [7, 11) is 1.82. The highest BCUT2D eigenvalue weighted by Crippen LogP contribution is 2.31. The number of benzene rings is 2. The zero-order chi connectivity index (χ0) is 16.7. The Bertz CT molecular complexity index is 1070. The largest absolute Gasteiger partial charge is 0.329 e. The molecule has 0 radical (unpaired) electrons. The minimum Gasteiger partial charge on any atom is -0.329 e. The molecule has 4 rings (SSSR count). The average molecular weight is 320 g/mol. The van der Waals surface area contributed by atoms with Crippen LogP contribution >= 0.6 is 0 Å². The smallest absolute Gasteiger partial charge is 0.271 e. The van der Waals surface area contributed by atoms with E-state index in [1.807, 2.05) is 36.2 Å². The Morgan fingerprint density at radius 1 is 1.17 bits per heavy atom. The van der Waals surface area contributed by atoms with E-state index in [1.165, 1.54) is 12.1 Å². The molecule has 0 saturated carbocycles. The Hall–Kier alpha value is -3.55. The lowest BCUT2D eigenvalue weighted by atomic mass is 10.2. The van der Waals surface area contributed by atoms with E-state index in [2.05, 4.69) is 15.2 Å². The molecule has 2 aromatic heterocycles. The monoisotopic (exact) mass is 320 g/mol. The fraction of sp³-hybridized carbons (Fsp3) is 0.0625. The van der Waals surface area contributed by atoms with Crippen molar-refractivity contribution in [1.29, 1.82) is 0 Å². The Labute approximate surface area is 136 Å². The van der Waals surface area contributed by atoms with E-state index < -0.39 is 4.92 Å². The maximum atomic E-state index is 11.0. The number of aromatic nitrogens is 4. The van der Waals surface area contributed by atoms with Crippen molar-refractivity contribution >= 4 is 33.9 Å². The van der Waals surface area contributed by atoms with Gasteiger partial charge in [0.25, 0.3) is 11.5 Å². The molecule has 8 heteroatoms. The molecule has 0 N–H and O–H groups in total. The number of non-ortho nitro benzene ring substituents is 1. The normalized spacial score (nSPS) is 11.0. The van der Waals surface area contributed by atoms with E-state index in [1.54, 1.807) is 22.9 Å². The first-order valence-electron chi connectivity index (χ1n) is 7.22. The maximum absolute atomic E-state index is 11.0. The highest BCUT2D eigenvalue weighted by Gasteiger charge is 2.16. The van der Waals surface area contributed by atoms with Gasteiger partial charge in [0.15, 0.2) is 0 Å². The second-order valence-corrected chi connectivity index (χ2v) is 5.29. The van der Waals surface area contributed by atoms with Gasteiger partial charge in [-0.1, -0.05) is 18.2 Å². The standard InChI is InChI=1S/C16H12N6O2/c1-20(11-5-4-6-12(9-11)22(23)24)15-13-7-2-3-8-14(13)21-10-17-19-16(21)18-15/h2-10H,1H3. The predicted octanol–water partition coefficient (Wildman–Crippen LogP) is 2.95. The number of fused-ring (bicyclic) bond motifs is 3. The van der Waals surface area contributed by atoms with Gasteiger partial charge >= 0.3 is 0 Å². The van der Waals surface area contributed by atoms with Crippen LogP contribution in [0.2, 0.25) is 0 Å². The third-order valence-corrected chi connectivity index (χ3v) is 3.89. The zero-order valence-electron chi connectivity index (χ0n) is 12.7. The first-order valence-corrected chi connectivity index (χ1v) is 7.22. The van der Waals surface area contributed by atoms with Crippen molar-refractivity contribution in [2.24, 2.45) is 0 Å². The van der Waals surface area contributed by atoms with E-state index in [0.29, 0.717) is 17.3 Å². The Morgan fingerprint density at radius 2 is 2.00 bits per heavy atom. The van der Waals surface area contributed by atoms with Crippen molar-refractivity contribution < 1.29 is 4.92 Å². The van der Waals surface area contributed by atoms with Crippen LogP contribution in [0.3, 0.4) is 0 Å². The van der Waals surface area contributed by atoms with E-state index in [-0.39, 0.29) is 5.69 Å². The number of hydrogen-bond acceptors (Lipinski definition) is 6. The number of nitro benzene ring substituents is 1. The summed E-state index contributed by atoms with van der Waals surface area (Å²) in [6, 6.07) is 14.2. The molecule has 2 aromatic carbocycles. The molecule has 0 aliphatic carbocycles. The van der Waals surface area contributed by atoms with Gasteiger partial charge in [0.2, 0.25) is 0 Å². The predicted molar refractivity (Wildman–Crippen MR) is 89.4 cm³/mol. The van der Waals surface area contributed by atoms with Crippen molar-refractivity contribution in [3.63, 3.8) is 0 Å². The molecule has 0 saturated heterocycles. The number of rotatable bonds is 3. The van der Waals surface area contributed by atoms with Crippen LogP contribution in [0.1, 0.15) is 0 Å². The van der Waals surface area contributed by atoms with Gasteiger partial charge in [0, 0.05) is 30.3 Å². The highest BCUT2D eigenvalue weighted by atomic mass is 16.6. The topological polar surface area (TPSA) is 89.5 Å². The molecular weight excluding hydrogens is 308 g/mol. The Kier molecular flexibility index (Phi) is 3.09. The fourth-order valence-electron chi connectivity index (χ4n) is 2.70. The third-order valence-electron chi connectivity index (χ3n) is 3.89. The molecule has 0 aliphatic heterocycles. The van der Waals surface area contributed by atoms with Gasteiger partial charge in [0.05, 0.1) is 10.4 Å². The fourth-order valence-corrected chi connectivity index (χ4v) is 2.70. The summed E-state index contributed by atoms with van der Waals surface area (Å²) in [5.41, 5.74) is 1.62. The minimum atomic E-state index is -0.412. The van der Waals surface area contributed by atoms with Gasteiger partial charge in [0.1, 0.15) is 12.1 Å². The van der Waals surface area contributed by atoms with Crippen LogP contribution < -0.4 is 4.90 Å². The first-order chi connectivity index (χ1) is 11.6. The van der Waals surface area contributed by atoms with E-state index in [4.69, 9.17) is 0 Å². The molecular formula is C16H12N6O2. The van der Waals surface area contributed by atoms with Crippen molar-refractivity contribution in [2.75, 3.05) is 11.9 Å². The van der Waals surface area contributed by atoms with Crippen molar-refractivity contribution in [2.45, 2.75) is 0 Å². The summed E-state index contributed by atoms with van der Waals surface area (Å²) < 4.78 is 1.81. The molecule has 8 nitrogen and oxygen atoms in total. The van der Waals surface area contributed by atoms with Crippen LogP contribution in [0, 0.1) is 10.1 Å². The molecule has 0 unspecified atom stereocenters. The number of nitro groups is 1. The van der Waals surface area contributed by atoms with Gasteiger partial charge < -0.3 is 4.90 Å². The molecule has 0 spiro atoms. The van der Waals surface area contributed by atoms with Gasteiger partial charge in [-0.15, -0.1) is 10.2 Å². The van der Waals surface area contributed by atoms with Crippen LogP contribution in [-0.2, 0) is 0 Å². The second-order valence-electron chi connectivity index (χ2n) is 5.29. The number of para-hydroxylation sites is 1. The van der Waals surface area contributed by atoms with E-state index >= 15 is 0 Å². The molecule has 0 bridgehead atoms. The first kappa shape index (κ1) is 14.1. The summed E-state index contributed by atoms with van der Waals surface area (Å²) in [6.45, 7) is 0. The molecule has 118 valence electrons. The lowest BCUT2D eigenvalue weighted by Crippen LogP contribution is -2.13. The highest BCUT2D eigenvalue weighted by molar-refractivity contribution is 5.93. The van der Waals surface area contributed by atoms with Crippen molar-refractivity contribution in [3.05, 3.63) is 65.0 Å². The lowest BCUT2D eigenvalue weighted by Gasteiger charge is -2.20.